The Bertz CT molecular complexity index is 1130. The maximum absolute atomic E-state index is 11.8. The first-order valence-electron chi connectivity index (χ1n) is 11.1. The molecule has 0 bridgehead atoms. The molecule has 1 aromatic carbocycles. The van der Waals surface area contributed by atoms with Gasteiger partial charge in [-0.05, 0) is 78.6 Å². The first-order valence-corrected chi connectivity index (χ1v) is 11.1. The fraction of sp³-hybridized carbons (Fsp3) is 0.360. The summed E-state index contributed by atoms with van der Waals surface area (Å²) < 4.78 is 5.59. The van der Waals surface area contributed by atoms with Crippen molar-refractivity contribution in [2.45, 2.75) is 37.6 Å². The lowest BCUT2D eigenvalue weighted by atomic mass is 9.84. The summed E-state index contributed by atoms with van der Waals surface area (Å²) in [5.74, 6) is 0.974. The monoisotopic (exact) mass is 416 g/mol. The van der Waals surface area contributed by atoms with Gasteiger partial charge in [0.2, 0.25) is 5.56 Å². The van der Waals surface area contributed by atoms with Gasteiger partial charge in [0.15, 0.2) is 0 Å². The number of anilines is 1. The van der Waals surface area contributed by atoms with E-state index in [4.69, 9.17) is 10.5 Å². The summed E-state index contributed by atoms with van der Waals surface area (Å²) in [4.78, 5) is 18.9. The highest BCUT2D eigenvalue weighted by Gasteiger charge is 2.25. The van der Waals surface area contributed by atoms with Crippen molar-refractivity contribution in [3.05, 3.63) is 70.3 Å². The Labute approximate surface area is 181 Å². The molecular weight excluding hydrogens is 388 g/mol. The van der Waals surface area contributed by atoms with Crippen LogP contribution in [0.4, 0.5) is 5.82 Å². The predicted octanol–water partition coefficient (Wildman–Crippen LogP) is 4.00. The van der Waals surface area contributed by atoms with Crippen molar-refractivity contribution in [2.24, 2.45) is 0 Å². The van der Waals surface area contributed by atoms with Gasteiger partial charge in [-0.1, -0.05) is 12.1 Å². The third kappa shape index (κ3) is 4.13. The Kier molecular flexibility index (Phi) is 5.57. The van der Waals surface area contributed by atoms with Crippen molar-refractivity contribution < 1.29 is 4.74 Å². The van der Waals surface area contributed by atoms with Crippen LogP contribution in [0.2, 0.25) is 0 Å². The second kappa shape index (κ2) is 8.65. The molecule has 2 aliphatic heterocycles. The molecule has 2 saturated heterocycles. The summed E-state index contributed by atoms with van der Waals surface area (Å²) in [7, 11) is 0. The predicted molar refractivity (Wildman–Crippen MR) is 123 cm³/mol. The van der Waals surface area contributed by atoms with E-state index in [1.807, 2.05) is 18.3 Å². The number of H-pyrrole nitrogens is 1. The molecule has 2 fully saturated rings. The van der Waals surface area contributed by atoms with Crippen molar-refractivity contribution in [1.29, 1.82) is 0 Å². The molecule has 0 aliphatic carbocycles. The number of hydrogen-bond donors (Lipinski definition) is 3. The van der Waals surface area contributed by atoms with Gasteiger partial charge in [-0.2, -0.15) is 0 Å². The smallest absolute Gasteiger partial charge is 0.248 e. The largest absolute Gasteiger partial charge is 0.383 e. The maximum atomic E-state index is 11.8. The van der Waals surface area contributed by atoms with E-state index in [2.05, 4.69) is 33.5 Å². The van der Waals surface area contributed by atoms with Gasteiger partial charge >= 0.3 is 0 Å². The zero-order valence-electron chi connectivity index (χ0n) is 17.6. The third-order valence-corrected chi connectivity index (χ3v) is 6.52. The van der Waals surface area contributed by atoms with E-state index < -0.39 is 0 Å². The molecule has 4 heterocycles. The second-order valence-electron chi connectivity index (χ2n) is 8.48. The van der Waals surface area contributed by atoms with Gasteiger partial charge in [-0.15, -0.1) is 0 Å². The van der Waals surface area contributed by atoms with Gasteiger partial charge in [-0.25, -0.2) is 4.98 Å². The van der Waals surface area contributed by atoms with Crippen LogP contribution in [0.1, 0.15) is 48.8 Å². The van der Waals surface area contributed by atoms with E-state index in [0.717, 1.165) is 61.3 Å². The standard InChI is InChI=1S/C25H28N4O2/c26-25-21(18-5-9-28-24(30)14-18)13-19(15-29-25)17-3-4-20(16-6-10-31-11-7-16)22(12-17)23-2-1-8-27-23/h3-5,9,12-16,23,27H,1-2,6-8,10-11H2,(H2,26,29)(H,28,30)/t23-/m0/s1. The molecule has 160 valence electrons. The van der Waals surface area contributed by atoms with Crippen LogP contribution in [-0.2, 0) is 4.74 Å². The Morgan fingerprint density at radius 3 is 2.61 bits per heavy atom. The van der Waals surface area contributed by atoms with Crippen LogP contribution in [0.3, 0.4) is 0 Å². The summed E-state index contributed by atoms with van der Waals surface area (Å²) in [5.41, 5.74) is 12.5. The fourth-order valence-electron chi connectivity index (χ4n) is 4.86. The molecule has 0 amide bonds. The lowest BCUT2D eigenvalue weighted by Gasteiger charge is -2.27. The number of pyridine rings is 2. The minimum absolute atomic E-state index is 0.155. The normalized spacial score (nSPS) is 19.5. The number of rotatable bonds is 4. The van der Waals surface area contributed by atoms with Crippen molar-refractivity contribution in [1.82, 2.24) is 15.3 Å². The van der Waals surface area contributed by atoms with Crippen LogP contribution in [0, 0.1) is 0 Å². The average Bonchev–Trinajstić information content (AvgIpc) is 3.35. The highest BCUT2D eigenvalue weighted by Crippen LogP contribution is 2.38. The number of aromatic amines is 1. The number of ether oxygens (including phenoxy) is 1. The minimum atomic E-state index is -0.155. The number of nitrogen functional groups attached to an aromatic ring is 1. The van der Waals surface area contributed by atoms with E-state index in [1.165, 1.54) is 17.5 Å². The van der Waals surface area contributed by atoms with Gasteiger partial charge in [0.1, 0.15) is 5.82 Å². The van der Waals surface area contributed by atoms with Crippen molar-refractivity contribution in [3.8, 4) is 22.3 Å². The molecule has 6 heteroatoms. The molecule has 0 radical (unpaired) electrons. The molecule has 5 rings (SSSR count). The van der Waals surface area contributed by atoms with Gasteiger partial charge in [0.25, 0.3) is 0 Å². The van der Waals surface area contributed by atoms with E-state index in [9.17, 15) is 4.79 Å². The van der Waals surface area contributed by atoms with Crippen LogP contribution in [-0.4, -0.2) is 29.7 Å². The zero-order chi connectivity index (χ0) is 21.2. The molecule has 2 aliphatic rings. The number of nitrogens with one attached hydrogen (secondary N) is 2. The molecule has 6 nitrogen and oxygen atoms in total. The molecule has 0 spiro atoms. The lowest BCUT2D eigenvalue weighted by Crippen LogP contribution is -2.19. The van der Waals surface area contributed by atoms with Gasteiger partial charge < -0.3 is 20.8 Å². The summed E-state index contributed by atoms with van der Waals surface area (Å²) in [6.45, 7) is 2.75. The SMILES string of the molecule is Nc1ncc(-c2ccc(C3CCOCC3)c([C@@H]3CCCN3)c2)cc1-c1cc[nH]c(=O)c1. The number of hydrogen-bond acceptors (Lipinski definition) is 5. The summed E-state index contributed by atoms with van der Waals surface area (Å²) >= 11 is 0. The average molecular weight is 417 g/mol. The van der Waals surface area contributed by atoms with Crippen molar-refractivity contribution >= 4 is 5.82 Å². The van der Waals surface area contributed by atoms with Crippen LogP contribution < -0.4 is 16.6 Å². The molecule has 4 N–H and O–H groups in total. The van der Waals surface area contributed by atoms with E-state index in [1.54, 1.807) is 12.3 Å². The minimum Gasteiger partial charge on any atom is -0.383 e. The Morgan fingerprint density at radius 1 is 0.968 bits per heavy atom. The number of benzene rings is 1. The van der Waals surface area contributed by atoms with Gasteiger partial charge in [0.05, 0.1) is 0 Å². The summed E-state index contributed by atoms with van der Waals surface area (Å²) in [6, 6.07) is 12.6. The maximum Gasteiger partial charge on any atom is 0.248 e. The van der Waals surface area contributed by atoms with Crippen LogP contribution in [0.5, 0.6) is 0 Å². The van der Waals surface area contributed by atoms with E-state index in [0.29, 0.717) is 17.8 Å². The molecule has 3 aromatic rings. The Hall–Kier alpha value is -2.96. The van der Waals surface area contributed by atoms with E-state index >= 15 is 0 Å². The fourth-order valence-corrected chi connectivity index (χ4v) is 4.86. The lowest BCUT2D eigenvalue weighted by molar-refractivity contribution is 0.0851. The third-order valence-electron chi connectivity index (χ3n) is 6.52. The van der Waals surface area contributed by atoms with Crippen LogP contribution in [0.25, 0.3) is 22.3 Å². The van der Waals surface area contributed by atoms with Crippen molar-refractivity contribution in [3.63, 3.8) is 0 Å². The molecule has 1 atom stereocenters. The second-order valence-corrected chi connectivity index (χ2v) is 8.48. The van der Waals surface area contributed by atoms with Gasteiger partial charge in [0, 0.05) is 48.8 Å². The van der Waals surface area contributed by atoms with Crippen molar-refractivity contribution in [2.75, 3.05) is 25.5 Å². The van der Waals surface area contributed by atoms with Gasteiger partial charge in [-0.3, -0.25) is 4.79 Å². The molecule has 31 heavy (non-hydrogen) atoms. The number of nitrogens with two attached hydrogens (primary N) is 1. The Balaban J connectivity index is 1.56. The Morgan fingerprint density at radius 2 is 1.84 bits per heavy atom. The quantitative estimate of drug-likeness (QED) is 0.598. The van der Waals surface area contributed by atoms with Crippen LogP contribution >= 0.6 is 0 Å². The molecular formula is C25H28N4O2. The molecule has 0 unspecified atom stereocenters. The summed E-state index contributed by atoms with van der Waals surface area (Å²) in [5, 5.41) is 3.68. The zero-order valence-corrected chi connectivity index (χ0v) is 17.6. The highest BCUT2D eigenvalue weighted by molar-refractivity contribution is 5.79. The number of nitrogens with zero attached hydrogens (tertiary/aromatic N) is 1. The summed E-state index contributed by atoms with van der Waals surface area (Å²) in [6.07, 6.45) is 7.98. The van der Waals surface area contributed by atoms with Crippen LogP contribution in [0.15, 0.2) is 53.6 Å². The first-order chi connectivity index (χ1) is 15.2. The first kappa shape index (κ1) is 20.0. The molecule has 2 aromatic heterocycles. The molecule has 0 saturated carbocycles. The van der Waals surface area contributed by atoms with E-state index in [-0.39, 0.29) is 5.56 Å². The topological polar surface area (TPSA) is 93.0 Å². The highest BCUT2D eigenvalue weighted by atomic mass is 16.5. The number of aromatic nitrogens is 2.